The number of benzene rings is 1. The van der Waals surface area contributed by atoms with E-state index in [1.807, 2.05) is 0 Å². The summed E-state index contributed by atoms with van der Waals surface area (Å²) < 4.78 is 12.8. The normalized spacial score (nSPS) is 17.1. The van der Waals surface area contributed by atoms with Gasteiger partial charge in [0.15, 0.2) is 0 Å². The largest absolute Gasteiger partial charge is 1.00 e. The molecule has 0 saturated carbocycles. The Morgan fingerprint density at radius 1 is 1.21 bits per heavy atom. The third kappa shape index (κ3) is 4.12. The zero-order valence-electron chi connectivity index (χ0n) is 10.6. The molecular weight excluding hydrogens is 268 g/mol. The first-order valence-electron chi connectivity index (χ1n) is 5.47. The third-order valence-electron chi connectivity index (χ3n) is 3.24. The Hall–Kier alpha value is -0.733. The number of nitrogens with zero attached hydrogens (tertiary/aromatic N) is 1. The first kappa shape index (κ1) is 18.3. The van der Waals surface area contributed by atoms with Gasteiger partial charge >= 0.3 is 25.0 Å². The van der Waals surface area contributed by atoms with Gasteiger partial charge in [0.2, 0.25) is 0 Å². The molecule has 100 valence electrons. The fourth-order valence-electron chi connectivity index (χ4n) is 2.12. The summed E-state index contributed by atoms with van der Waals surface area (Å²) in [5.74, 6) is -0.347. The van der Waals surface area contributed by atoms with Gasteiger partial charge in [0, 0.05) is 13.1 Å². The van der Waals surface area contributed by atoms with Crippen molar-refractivity contribution in [2.24, 2.45) is 0 Å². The minimum Gasteiger partial charge on any atom is -1.00 e. The van der Waals surface area contributed by atoms with Gasteiger partial charge < -0.3 is 27.5 Å². The van der Waals surface area contributed by atoms with Crippen LogP contribution in [0.5, 0.6) is 0 Å². The van der Waals surface area contributed by atoms with Crippen LogP contribution in [0, 0.1) is 5.82 Å². The number of carboxylic acid groups (broad SMARTS) is 1. The van der Waals surface area contributed by atoms with Crippen molar-refractivity contribution in [3.8, 4) is 0 Å². The molecule has 7 heteroatoms. The molecule has 0 spiro atoms. The molecule has 2 N–H and O–H groups in total. The standard InChI is InChI=1S/C12H14FNO3.ClH.Li/c13-10-3-1-9(2-4-10)12(17)5-7-14(8-6-12)11(15)16;;/h1-4,17H,5-8H2,(H,15,16);1H;/q;;+1/p-1. The second-order valence-corrected chi connectivity index (χ2v) is 4.31. The minimum atomic E-state index is -1.04. The number of amides is 1. The summed E-state index contributed by atoms with van der Waals surface area (Å²) in [5.41, 5.74) is -0.399. The molecule has 1 aliphatic heterocycles. The van der Waals surface area contributed by atoms with E-state index >= 15 is 0 Å². The number of rotatable bonds is 1. The van der Waals surface area contributed by atoms with Crippen molar-refractivity contribution in [1.29, 1.82) is 0 Å². The van der Waals surface area contributed by atoms with E-state index < -0.39 is 11.7 Å². The number of piperidine rings is 1. The molecule has 0 aliphatic carbocycles. The van der Waals surface area contributed by atoms with Crippen molar-refractivity contribution in [2.45, 2.75) is 18.4 Å². The summed E-state index contributed by atoms with van der Waals surface area (Å²) in [6.45, 7) is 0.590. The molecule has 0 aromatic heterocycles. The maximum absolute atomic E-state index is 12.8. The van der Waals surface area contributed by atoms with Gasteiger partial charge in [0.1, 0.15) is 5.82 Å². The Bertz CT molecular complexity index is 421. The summed E-state index contributed by atoms with van der Waals surface area (Å²) in [6, 6.07) is 5.70. The van der Waals surface area contributed by atoms with Crippen LogP contribution in [0.4, 0.5) is 9.18 Å². The van der Waals surface area contributed by atoms with E-state index in [-0.39, 0.29) is 37.1 Å². The molecule has 4 nitrogen and oxygen atoms in total. The monoisotopic (exact) mass is 281 g/mol. The molecule has 1 aromatic carbocycles. The molecule has 0 unspecified atom stereocenters. The Morgan fingerprint density at radius 2 is 1.68 bits per heavy atom. The number of aliphatic hydroxyl groups is 1. The maximum Gasteiger partial charge on any atom is 1.00 e. The average molecular weight is 282 g/mol. The van der Waals surface area contributed by atoms with E-state index in [9.17, 15) is 14.3 Å². The van der Waals surface area contributed by atoms with Gasteiger partial charge in [-0.15, -0.1) is 0 Å². The van der Waals surface area contributed by atoms with Crippen LogP contribution in [-0.2, 0) is 5.60 Å². The van der Waals surface area contributed by atoms with Crippen molar-refractivity contribution in [2.75, 3.05) is 13.1 Å². The predicted molar refractivity (Wildman–Crippen MR) is 59.1 cm³/mol. The zero-order chi connectivity index (χ0) is 12.5. The molecule has 1 amide bonds. The van der Waals surface area contributed by atoms with E-state index in [2.05, 4.69) is 0 Å². The van der Waals surface area contributed by atoms with E-state index in [1.165, 1.54) is 17.0 Å². The quantitative estimate of drug-likeness (QED) is 0.513. The Kier molecular flexibility index (Phi) is 6.88. The Morgan fingerprint density at radius 3 is 2.11 bits per heavy atom. The van der Waals surface area contributed by atoms with E-state index in [0.717, 1.165) is 0 Å². The van der Waals surface area contributed by atoms with E-state index in [0.29, 0.717) is 31.5 Å². The summed E-state index contributed by atoms with van der Waals surface area (Å²) in [5, 5.41) is 19.2. The van der Waals surface area contributed by atoms with Crippen LogP contribution >= 0.6 is 0 Å². The van der Waals surface area contributed by atoms with Crippen molar-refractivity contribution < 1.29 is 50.7 Å². The maximum atomic E-state index is 12.8. The van der Waals surface area contributed by atoms with Crippen molar-refractivity contribution in [3.05, 3.63) is 35.6 Å². The molecule has 1 fully saturated rings. The molecule has 1 saturated heterocycles. The van der Waals surface area contributed by atoms with Crippen molar-refractivity contribution in [3.63, 3.8) is 0 Å². The van der Waals surface area contributed by atoms with Crippen molar-refractivity contribution in [1.82, 2.24) is 4.90 Å². The van der Waals surface area contributed by atoms with E-state index in [4.69, 9.17) is 5.11 Å². The fourth-order valence-corrected chi connectivity index (χ4v) is 2.12. The molecule has 19 heavy (non-hydrogen) atoms. The van der Waals surface area contributed by atoms with Crippen LogP contribution in [0.15, 0.2) is 24.3 Å². The fraction of sp³-hybridized carbons (Fsp3) is 0.417. The predicted octanol–water partition coefficient (Wildman–Crippen LogP) is -4.20. The molecular formula is C12H14ClFLiNO3. The number of halogens is 2. The van der Waals surface area contributed by atoms with Crippen LogP contribution in [-0.4, -0.2) is 34.3 Å². The first-order valence-corrected chi connectivity index (χ1v) is 5.47. The van der Waals surface area contributed by atoms with Crippen LogP contribution in [0.1, 0.15) is 18.4 Å². The van der Waals surface area contributed by atoms with E-state index in [1.54, 1.807) is 12.1 Å². The average Bonchev–Trinajstić information content (AvgIpc) is 2.30. The number of hydrogen-bond donors (Lipinski definition) is 2. The first-order chi connectivity index (χ1) is 8.01. The van der Waals surface area contributed by atoms with Crippen LogP contribution in [0.25, 0.3) is 0 Å². The SMILES string of the molecule is O=C(O)N1CCC(O)(c2ccc(F)cc2)CC1.[Cl-].[Li+]. The van der Waals surface area contributed by atoms with Crippen molar-refractivity contribution >= 4 is 6.09 Å². The van der Waals surface area contributed by atoms with Gasteiger partial charge in [0.05, 0.1) is 5.60 Å². The Labute approximate surface area is 129 Å². The van der Waals surface area contributed by atoms with Crippen LogP contribution < -0.4 is 31.3 Å². The molecule has 1 aliphatic rings. The number of likely N-dealkylation sites (tertiary alicyclic amines) is 1. The number of hydrogen-bond acceptors (Lipinski definition) is 2. The molecule has 1 heterocycles. The topological polar surface area (TPSA) is 60.8 Å². The smallest absolute Gasteiger partial charge is 1.00 e. The second kappa shape index (κ2) is 7.16. The third-order valence-corrected chi connectivity index (χ3v) is 3.24. The molecule has 0 atom stereocenters. The molecule has 0 radical (unpaired) electrons. The van der Waals surface area contributed by atoms with Gasteiger partial charge in [-0.05, 0) is 30.5 Å². The van der Waals surface area contributed by atoms with Gasteiger partial charge in [-0.1, -0.05) is 12.1 Å². The molecule has 2 rings (SSSR count). The van der Waals surface area contributed by atoms with Gasteiger partial charge in [-0.2, -0.15) is 0 Å². The van der Waals surface area contributed by atoms with Gasteiger partial charge in [-0.25, -0.2) is 9.18 Å². The summed E-state index contributed by atoms with van der Waals surface area (Å²) in [7, 11) is 0. The van der Waals surface area contributed by atoms with Gasteiger partial charge in [-0.3, -0.25) is 0 Å². The van der Waals surface area contributed by atoms with Crippen LogP contribution in [0.2, 0.25) is 0 Å². The van der Waals surface area contributed by atoms with Gasteiger partial charge in [0.25, 0.3) is 0 Å². The summed E-state index contributed by atoms with van der Waals surface area (Å²) >= 11 is 0. The minimum absolute atomic E-state index is 0. The van der Waals surface area contributed by atoms with Crippen LogP contribution in [0.3, 0.4) is 0 Å². The Balaban J connectivity index is 0.00000162. The summed E-state index contributed by atoms with van der Waals surface area (Å²) in [4.78, 5) is 12.0. The zero-order valence-corrected chi connectivity index (χ0v) is 11.4. The summed E-state index contributed by atoms with van der Waals surface area (Å²) in [6.07, 6.45) is -0.290. The second-order valence-electron chi connectivity index (χ2n) is 4.31. The molecule has 0 bridgehead atoms. The molecule has 1 aromatic rings. The number of carbonyl (C=O) groups is 1.